The summed E-state index contributed by atoms with van der Waals surface area (Å²) in [5.41, 5.74) is 1.61. The van der Waals surface area contributed by atoms with Gasteiger partial charge in [0.2, 0.25) is 0 Å². The lowest BCUT2D eigenvalue weighted by molar-refractivity contribution is -0.384. The summed E-state index contributed by atoms with van der Waals surface area (Å²) in [6, 6.07) is 5.22. The Morgan fingerprint density at radius 3 is 2.52 bits per heavy atom. The number of amides is 1. The van der Waals surface area contributed by atoms with Gasteiger partial charge < -0.3 is 4.74 Å². The lowest BCUT2D eigenvalue weighted by atomic mass is 9.76. The van der Waals surface area contributed by atoms with Crippen molar-refractivity contribution in [3.8, 4) is 5.75 Å². The molecule has 27 heavy (non-hydrogen) atoms. The highest BCUT2D eigenvalue weighted by Gasteiger charge is 2.32. The largest absolute Gasteiger partial charge is 0.417 e. The molecule has 1 aliphatic rings. The molecule has 1 heterocycles. The van der Waals surface area contributed by atoms with Gasteiger partial charge in [0.25, 0.3) is 5.69 Å². The molecule has 0 saturated carbocycles. The third-order valence-corrected chi connectivity index (χ3v) is 5.81. The average Bonchev–Trinajstić information content (AvgIpc) is 2.91. The van der Waals surface area contributed by atoms with E-state index in [1.54, 1.807) is 0 Å². The SMILES string of the molecule is CC(=O)c1c(NC(=O)Oc2ccc([N+](=O)[O-])cc2)sc2c1CC(C)(C)CC2. The Morgan fingerprint density at radius 2 is 1.93 bits per heavy atom. The van der Waals surface area contributed by atoms with Crippen molar-refractivity contribution >= 4 is 33.9 Å². The maximum Gasteiger partial charge on any atom is 0.417 e. The number of fused-ring (bicyclic) bond motifs is 1. The molecule has 1 amide bonds. The van der Waals surface area contributed by atoms with E-state index in [9.17, 15) is 19.7 Å². The fourth-order valence-electron chi connectivity index (χ4n) is 3.24. The Labute approximate surface area is 160 Å². The van der Waals surface area contributed by atoms with Crippen LogP contribution < -0.4 is 10.1 Å². The normalized spacial score (nSPS) is 14.9. The Morgan fingerprint density at radius 1 is 1.26 bits per heavy atom. The Hall–Kier alpha value is -2.74. The minimum atomic E-state index is -0.732. The zero-order valence-electron chi connectivity index (χ0n) is 15.3. The predicted molar refractivity (Wildman–Crippen MR) is 103 cm³/mol. The number of ether oxygens (including phenoxy) is 1. The van der Waals surface area contributed by atoms with Crippen LogP contribution in [0.25, 0.3) is 0 Å². The van der Waals surface area contributed by atoms with Crippen molar-refractivity contribution < 1.29 is 19.2 Å². The molecule has 0 fully saturated rings. The number of nitrogens with one attached hydrogen (secondary N) is 1. The van der Waals surface area contributed by atoms with E-state index in [1.807, 2.05) is 0 Å². The number of nitro groups is 1. The molecule has 3 rings (SSSR count). The van der Waals surface area contributed by atoms with Gasteiger partial charge in [0, 0.05) is 17.0 Å². The summed E-state index contributed by atoms with van der Waals surface area (Å²) < 4.78 is 5.18. The molecule has 7 nitrogen and oxygen atoms in total. The quantitative estimate of drug-likeness (QED) is 0.452. The predicted octanol–water partition coefficient (Wildman–Crippen LogP) is 4.98. The van der Waals surface area contributed by atoms with Crippen LogP contribution in [0.3, 0.4) is 0 Å². The number of nitro benzene ring substituents is 1. The molecule has 1 aliphatic carbocycles. The number of thiophene rings is 1. The lowest BCUT2D eigenvalue weighted by Gasteiger charge is -2.29. The lowest BCUT2D eigenvalue weighted by Crippen LogP contribution is -2.22. The minimum absolute atomic E-state index is 0.0872. The van der Waals surface area contributed by atoms with Gasteiger partial charge >= 0.3 is 6.09 Å². The number of benzene rings is 1. The molecule has 1 N–H and O–H groups in total. The number of carbonyl (C=O) groups is 2. The van der Waals surface area contributed by atoms with Crippen LogP contribution in [0.2, 0.25) is 0 Å². The number of rotatable bonds is 4. The monoisotopic (exact) mass is 388 g/mol. The molecule has 2 aromatic rings. The fraction of sp³-hybridized carbons (Fsp3) is 0.368. The van der Waals surface area contributed by atoms with Crippen LogP contribution in [-0.2, 0) is 12.8 Å². The topological polar surface area (TPSA) is 98.5 Å². The van der Waals surface area contributed by atoms with Gasteiger partial charge in [0.15, 0.2) is 5.78 Å². The molecule has 142 valence electrons. The summed E-state index contributed by atoms with van der Waals surface area (Å²) in [6.45, 7) is 5.84. The summed E-state index contributed by atoms with van der Waals surface area (Å²) in [5.74, 6) is 0.0979. The van der Waals surface area contributed by atoms with Crippen LogP contribution in [0.15, 0.2) is 24.3 Å². The third-order valence-electron chi connectivity index (χ3n) is 4.60. The van der Waals surface area contributed by atoms with Gasteiger partial charge in [-0.05, 0) is 49.3 Å². The highest BCUT2D eigenvalue weighted by Crippen LogP contribution is 2.44. The molecule has 0 radical (unpaired) electrons. The summed E-state index contributed by atoms with van der Waals surface area (Å²) in [5, 5.41) is 13.8. The van der Waals surface area contributed by atoms with Gasteiger partial charge in [0.1, 0.15) is 10.8 Å². The molecule has 0 saturated heterocycles. The van der Waals surface area contributed by atoms with Crippen molar-refractivity contribution in [3.63, 3.8) is 0 Å². The van der Waals surface area contributed by atoms with E-state index >= 15 is 0 Å². The highest BCUT2D eigenvalue weighted by molar-refractivity contribution is 7.17. The first-order valence-electron chi connectivity index (χ1n) is 8.55. The van der Waals surface area contributed by atoms with Crippen molar-refractivity contribution in [1.29, 1.82) is 0 Å². The standard InChI is InChI=1S/C19H20N2O5S/c1-11(22)16-14-10-19(2,3)9-8-15(14)27-17(16)20-18(23)26-13-6-4-12(5-7-13)21(24)25/h4-7H,8-10H2,1-3H3,(H,20,23). The molecule has 0 unspecified atom stereocenters. The third kappa shape index (κ3) is 4.16. The van der Waals surface area contributed by atoms with Crippen molar-refractivity contribution in [2.75, 3.05) is 5.32 Å². The van der Waals surface area contributed by atoms with E-state index in [0.29, 0.717) is 10.6 Å². The number of nitrogens with zero attached hydrogens (tertiary/aromatic N) is 1. The zero-order chi connectivity index (χ0) is 19.8. The van der Waals surface area contributed by atoms with Crippen molar-refractivity contribution in [2.45, 2.75) is 40.0 Å². The van der Waals surface area contributed by atoms with E-state index in [4.69, 9.17) is 4.74 Å². The molecular formula is C19H20N2O5S. The molecule has 0 spiro atoms. The summed E-state index contributed by atoms with van der Waals surface area (Å²) in [6.07, 6.45) is 1.98. The minimum Gasteiger partial charge on any atom is -0.410 e. The Kier molecular flexibility index (Phi) is 5.01. The Balaban J connectivity index is 1.79. The number of anilines is 1. The van der Waals surface area contributed by atoms with Crippen molar-refractivity contribution in [2.24, 2.45) is 5.41 Å². The van der Waals surface area contributed by atoms with Crippen LogP contribution in [-0.4, -0.2) is 16.8 Å². The number of Topliss-reactive ketones (excluding diaryl/α,β-unsaturated/α-hetero) is 1. The second kappa shape index (κ2) is 7.11. The van der Waals surface area contributed by atoms with Gasteiger partial charge in [-0.15, -0.1) is 11.3 Å². The smallest absolute Gasteiger partial charge is 0.410 e. The molecule has 0 bridgehead atoms. The van der Waals surface area contributed by atoms with E-state index in [-0.39, 0.29) is 22.6 Å². The highest BCUT2D eigenvalue weighted by atomic mass is 32.1. The first-order valence-corrected chi connectivity index (χ1v) is 9.37. The second-order valence-electron chi connectivity index (χ2n) is 7.37. The summed E-state index contributed by atoms with van der Waals surface area (Å²) in [4.78, 5) is 35.7. The number of aryl methyl sites for hydroxylation is 1. The summed E-state index contributed by atoms with van der Waals surface area (Å²) in [7, 11) is 0. The van der Waals surface area contributed by atoms with Crippen LogP contribution in [0.5, 0.6) is 5.75 Å². The first-order chi connectivity index (χ1) is 12.7. The van der Waals surface area contributed by atoms with Crippen molar-refractivity contribution in [3.05, 3.63) is 50.4 Å². The van der Waals surface area contributed by atoms with Gasteiger partial charge in [-0.2, -0.15) is 0 Å². The average molecular weight is 388 g/mol. The number of carbonyl (C=O) groups excluding carboxylic acids is 2. The fourth-order valence-corrected chi connectivity index (χ4v) is 4.49. The maximum absolute atomic E-state index is 12.2. The van der Waals surface area contributed by atoms with Gasteiger partial charge in [-0.1, -0.05) is 13.8 Å². The van der Waals surface area contributed by atoms with Gasteiger partial charge in [-0.25, -0.2) is 4.79 Å². The van der Waals surface area contributed by atoms with E-state index < -0.39 is 11.0 Å². The number of non-ortho nitro benzene ring substituents is 1. The zero-order valence-corrected chi connectivity index (χ0v) is 16.1. The molecule has 8 heteroatoms. The number of hydrogen-bond acceptors (Lipinski definition) is 6. The van der Waals surface area contributed by atoms with Crippen LogP contribution >= 0.6 is 11.3 Å². The Bertz CT molecular complexity index is 915. The maximum atomic E-state index is 12.2. The van der Waals surface area contributed by atoms with E-state index in [1.165, 1.54) is 42.5 Å². The number of ketones is 1. The van der Waals surface area contributed by atoms with Gasteiger partial charge in [0.05, 0.1) is 10.5 Å². The van der Waals surface area contributed by atoms with Crippen molar-refractivity contribution in [1.82, 2.24) is 0 Å². The van der Waals surface area contributed by atoms with E-state index in [2.05, 4.69) is 19.2 Å². The van der Waals surface area contributed by atoms with Crippen LogP contribution in [0.4, 0.5) is 15.5 Å². The first kappa shape index (κ1) is 19.0. The molecule has 0 aliphatic heterocycles. The second-order valence-corrected chi connectivity index (χ2v) is 8.48. The van der Waals surface area contributed by atoms with E-state index in [0.717, 1.165) is 29.7 Å². The van der Waals surface area contributed by atoms with Crippen LogP contribution in [0.1, 0.15) is 48.0 Å². The molecule has 1 aromatic carbocycles. The van der Waals surface area contributed by atoms with Gasteiger partial charge in [-0.3, -0.25) is 20.2 Å². The molecule has 1 aromatic heterocycles. The number of hydrogen-bond donors (Lipinski definition) is 1. The molecular weight excluding hydrogens is 368 g/mol. The molecule has 0 atom stereocenters. The van der Waals surface area contributed by atoms with Crippen LogP contribution in [0, 0.1) is 15.5 Å². The summed E-state index contributed by atoms with van der Waals surface area (Å²) >= 11 is 1.41.